The quantitative estimate of drug-likeness (QED) is 0.772. The maximum atomic E-state index is 12.3. The fourth-order valence-corrected chi connectivity index (χ4v) is 2.38. The zero-order chi connectivity index (χ0) is 17.8. The first-order valence-corrected chi connectivity index (χ1v) is 7.85. The fourth-order valence-electron chi connectivity index (χ4n) is 2.38. The Balaban J connectivity index is 1.72. The Bertz CT molecular complexity index is 887. The number of carbonyl (C=O) groups excluding carboxylic acids is 1. The van der Waals surface area contributed by atoms with Crippen LogP contribution in [0.15, 0.2) is 42.5 Å². The molecule has 0 aliphatic rings. The molecule has 0 spiro atoms. The molecule has 7 heteroatoms. The van der Waals surface area contributed by atoms with Crippen molar-refractivity contribution in [2.24, 2.45) is 0 Å². The van der Waals surface area contributed by atoms with E-state index in [-0.39, 0.29) is 12.5 Å². The van der Waals surface area contributed by atoms with Crippen LogP contribution in [0.5, 0.6) is 5.75 Å². The van der Waals surface area contributed by atoms with Gasteiger partial charge in [-0.1, -0.05) is 6.07 Å². The van der Waals surface area contributed by atoms with Gasteiger partial charge < -0.3 is 10.1 Å². The highest BCUT2D eigenvalue weighted by atomic mass is 16.5. The topological polar surface area (TPSA) is 81.9 Å². The largest absolute Gasteiger partial charge is 0.497 e. The van der Waals surface area contributed by atoms with Crippen LogP contribution >= 0.6 is 0 Å². The fraction of sp³-hybridized carbons (Fsp3) is 0.222. The summed E-state index contributed by atoms with van der Waals surface area (Å²) >= 11 is 0. The van der Waals surface area contributed by atoms with E-state index in [1.54, 1.807) is 11.8 Å². The van der Waals surface area contributed by atoms with Gasteiger partial charge in [-0.2, -0.15) is 4.68 Å². The highest BCUT2D eigenvalue weighted by Crippen LogP contribution is 2.15. The van der Waals surface area contributed by atoms with Gasteiger partial charge in [0.05, 0.1) is 19.3 Å². The average Bonchev–Trinajstić information content (AvgIpc) is 3.10. The van der Waals surface area contributed by atoms with Crippen LogP contribution in [0.1, 0.15) is 27.3 Å². The Morgan fingerprint density at radius 2 is 1.88 bits per heavy atom. The van der Waals surface area contributed by atoms with E-state index in [9.17, 15) is 4.79 Å². The van der Waals surface area contributed by atoms with Gasteiger partial charge in [0, 0.05) is 5.56 Å². The SMILES string of the molecule is COc1ccc(-n2nnnc2CNC(=O)c2ccc(C)c(C)c2)cc1. The molecule has 0 bridgehead atoms. The second kappa shape index (κ2) is 7.12. The molecule has 1 aromatic heterocycles. The van der Waals surface area contributed by atoms with E-state index in [4.69, 9.17) is 4.74 Å². The minimum atomic E-state index is -0.160. The van der Waals surface area contributed by atoms with Crippen LogP contribution < -0.4 is 10.1 Å². The summed E-state index contributed by atoms with van der Waals surface area (Å²) in [6.07, 6.45) is 0. The number of methoxy groups -OCH3 is 1. The molecule has 1 N–H and O–H groups in total. The molecule has 0 saturated heterocycles. The summed E-state index contributed by atoms with van der Waals surface area (Å²) in [5, 5.41) is 14.5. The molecule has 7 nitrogen and oxygen atoms in total. The van der Waals surface area contributed by atoms with Gasteiger partial charge in [0.1, 0.15) is 5.75 Å². The molecule has 0 saturated carbocycles. The zero-order valence-electron chi connectivity index (χ0n) is 14.4. The number of tetrazole rings is 1. The van der Waals surface area contributed by atoms with Crippen LogP contribution in [0, 0.1) is 13.8 Å². The monoisotopic (exact) mass is 337 g/mol. The number of nitrogens with zero attached hydrogens (tertiary/aromatic N) is 4. The maximum Gasteiger partial charge on any atom is 0.251 e. The first-order valence-electron chi connectivity index (χ1n) is 7.85. The van der Waals surface area contributed by atoms with Crippen molar-refractivity contribution in [2.75, 3.05) is 7.11 Å². The summed E-state index contributed by atoms with van der Waals surface area (Å²) in [6.45, 7) is 4.22. The van der Waals surface area contributed by atoms with Gasteiger partial charge in [-0.05, 0) is 71.8 Å². The second-order valence-electron chi connectivity index (χ2n) is 5.69. The number of ether oxygens (including phenoxy) is 1. The molecular weight excluding hydrogens is 318 g/mol. The molecule has 128 valence electrons. The molecule has 0 radical (unpaired) electrons. The molecule has 1 amide bonds. The summed E-state index contributed by atoms with van der Waals surface area (Å²) in [5.74, 6) is 1.14. The van der Waals surface area contributed by atoms with Crippen molar-refractivity contribution >= 4 is 5.91 Å². The summed E-state index contributed by atoms with van der Waals surface area (Å²) in [5.41, 5.74) is 3.64. The number of hydrogen-bond acceptors (Lipinski definition) is 5. The van der Waals surface area contributed by atoms with Crippen molar-refractivity contribution in [1.29, 1.82) is 0 Å². The predicted octanol–water partition coefficient (Wildman–Crippen LogP) is 2.22. The molecule has 0 aliphatic carbocycles. The first kappa shape index (κ1) is 16.6. The lowest BCUT2D eigenvalue weighted by Crippen LogP contribution is -2.24. The lowest BCUT2D eigenvalue weighted by Gasteiger charge is -2.08. The Hall–Kier alpha value is -3.22. The predicted molar refractivity (Wildman–Crippen MR) is 92.8 cm³/mol. The Morgan fingerprint density at radius 1 is 1.12 bits per heavy atom. The number of rotatable bonds is 5. The lowest BCUT2D eigenvalue weighted by molar-refractivity contribution is 0.0949. The molecular formula is C18H19N5O2. The molecule has 0 fully saturated rings. The van der Waals surface area contributed by atoms with E-state index in [1.165, 1.54) is 0 Å². The Kier molecular flexibility index (Phi) is 4.74. The summed E-state index contributed by atoms with van der Waals surface area (Å²) in [4.78, 5) is 12.3. The minimum Gasteiger partial charge on any atom is -0.497 e. The number of nitrogens with one attached hydrogen (secondary N) is 1. The van der Waals surface area contributed by atoms with Crippen molar-refractivity contribution in [3.63, 3.8) is 0 Å². The third-order valence-electron chi connectivity index (χ3n) is 4.03. The molecule has 0 aliphatic heterocycles. The van der Waals surface area contributed by atoms with Crippen LogP contribution in [0.4, 0.5) is 0 Å². The molecule has 3 aromatic rings. The van der Waals surface area contributed by atoms with E-state index in [2.05, 4.69) is 20.8 Å². The summed E-state index contributed by atoms with van der Waals surface area (Å²) in [7, 11) is 1.61. The Labute approximate surface area is 145 Å². The highest BCUT2D eigenvalue weighted by Gasteiger charge is 2.11. The summed E-state index contributed by atoms with van der Waals surface area (Å²) < 4.78 is 6.73. The van der Waals surface area contributed by atoms with Gasteiger partial charge >= 0.3 is 0 Å². The van der Waals surface area contributed by atoms with Crippen LogP contribution in [0.25, 0.3) is 5.69 Å². The van der Waals surface area contributed by atoms with Crippen molar-refractivity contribution in [3.8, 4) is 11.4 Å². The number of benzene rings is 2. The van der Waals surface area contributed by atoms with E-state index < -0.39 is 0 Å². The minimum absolute atomic E-state index is 0.160. The van der Waals surface area contributed by atoms with E-state index in [1.807, 2.05) is 56.3 Å². The molecule has 3 rings (SSSR count). The third-order valence-corrected chi connectivity index (χ3v) is 4.03. The van der Waals surface area contributed by atoms with Gasteiger partial charge in [-0.15, -0.1) is 5.10 Å². The van der Waals surface area contributed by atoms with Crippen LogP contribution in [-0.4, -0.2) is 33.2 Å². The van der Waals surface area contributed by atoms with E-state index in [0.717, 1.165) is 22.6 Å². The average molecular weight is 337 g/mol. The van der Waals surface area contributed by atoms with Crippen LogP contribution in [-0.2, 0) is 6.54 Å². The van der Waals surface area contributed by atoms with Gasteiger partial charge in [0.25, 0.3) is 5.91 Å². The van der Waals surface area contributed by atoms with Gasteiger partial charge in [0.2, 0.25) is 0 Å². The number of amides is 1. The number of hydrogen-bond donors (Lipinski definition) is 1. The number of carbonyl (C=O) groups is 1. The molecule has 2 aromatic carbocycles. The van der Waals surface area contributed by atoms with Gasteiger partial charge in [-0.3, -0.25) is 4.79 Å². The molecule has 25 heavy (non-hydrogen) atoms. The van der Waals surface area contributed by atoms with Gasteiger partial charge in [0.15, 0.2) is 5.82 Å². The van der Waals surface area contributed by atoms with Crippen LogP contribution in [0.3, 0.4) is 0 Å². The normalized spacial score (nSPS) is 10.5. The van der Waals surface area contributed by atoms with Crippen molar-refractivity contribution < 1.29 is 9.53 Å². The maximum absolute atomic E-state index is 12.3. The molecule has 1 heterocycles. The van der Waals surface area contributed by atoms with E-state index in [0.29, 0.717) is 11.4 Å². The smallest absolute Gasteiger partial charge is 0.251 e. The second-order valence-corrected chi connectivity index (χ2v) is 5.69. The van der Waals surface area contributed by atoms with Crippen molar-refractivity contribution in [1.82, 2.24) is 25.5 Å². The standard InChI is InChI=1S/C18H19N5O2/c1-12-4-5-14(10-13(12)2)18(24)19-11-17-20-21-22-23(17)15-6-8-16(25-3)9-7-15/h4-10H,11H2,1-3H3,(H,19,24). The molecule has 0 unspecified atom stereocenters. The number of aryl methyl sites for hydroxylation is 2. The summed E-state index contributed by atoms with van der Waals surface area (Å²) in [6, 6.07) is 13.0. The number of aromatic nitrogens is 4. The van der Waals surface area contributed by atoms with Crippen LogP contribution in [0.2, 0.25) is 0 Å². The molecule has 0 atom stereocenters. The highest BCUT2D eigenvalue weighted by molar-refractivity contribution is 5.94. The Morgan fingerprint density at radius 3 is 2.56 bits per heavy atom. The zero-order valence-corrected chi connectivity index (χ0v) is 14.4. The van der Waals surface area contributed by atoms with Crippen molar-refractivity contribution in [3.05, 3.63) is 65.0 Å². The third kappa shape index (κ3) is 3.65. The lowest BCUT2D eigenvalue weighted by atomic mass is 10.1. The van der Waals surface area contributed by atoms with Gasteiger partial charge in [-0.25, -0.2) is 0 Å². The first-order chi connectivity index (χ1) is 12.1. The van der Waals surface area contributed by atoms with E-state index >= 15 is 0 Å². The van der Waals surface area contributed by atoms with Crippen molar-refractivity contribution in [2.45, 2.75) is 20.4 Å².